The number of sulfonamides is 1. The molecule has 116 valence electrons. The fraction of sp³-hybridized carbons (Fsp3) is 0.692. The molecule has 0 amide bonds. The number of unbranched alkanes of at least 4 members (excludes halogenated alkanes) is 1. The lowest BCUT2D eigenvalue weighted by molar-refractivity contribution is 0.0762. The van der Waals surface area contributed by atoms with E-state index in [0.29, 0.717) is 18.8 Å². The Morgan fingerprint density at radius 1 is 1.40 bits per heavy atom. The van der Waals surface area contributed by atoms with Gasteiger partial charge in [0.05, 0.1) is 17.6 Å². The molecule has 0 aliphatic heterocycles. The molecule has 0 fully saturated rings. The lowest BCUT2D eigenvalue weighted by Gasteiger charge is -2.07. The first-order chi connectivity index (χ1) is 9.36. The number of aliphatic hydroxyl groups excluding tert-OH is 1. The molecule has 0 aliphatic rings. The van der Waals surface area contributed by atoms with Crippen molar-refractivity contribution < 1.29 is 18.3 Å². The third-order valence-corrected chi connectivity index (χ3v) is 4.30. The van der Waals surface area contributed by atoms with Crippen molar-refractivity contribution in [3.8, 4) is 0 Å². The van der Waals surface area contributed by atoms with E-state index in [1.54, 1.807) is 11.6 Å². The van der Waals surface area contributed by atoms with E-state index in [4.69, 9.17) is 9.84 Å². The minimum absolute atomic E-state index is 0.182. The molecule has 1 aromatic heterocycles. The maximum atomic E-state index is 12.0. The molecular weight excluding hydrogens is 280 g/mol. The van der Waals surface area contributed by atoms with Crippen molar-refractivity contribution in [3.63, 3.8) is 0 Å². The highest BCUT2D eigenvalue weighted by Crippen LogP contribution is 2.13. The summed E-state index contributed by atoms with van der Waals surface area (Å²) in [6.45, 7) is 4.78. The van der Waals surface area contributed by atoms with E-state index < -0.39 is 10.0 Å². The van der Waals surface area contributed by atoms with E-state index in [-0.39, 0.29) is 17.6 Å². The fourth-order valence-electron chi connectivity index (χ4n) is 1.72. The molecule has 7 heteroatoms. The Kier molecular flexibility index (Phi) is 6.67. The molecule has 2 N–H and O–H groups in total. The topological polar surface area (TPSA) is 80.6 Å². The minimum Gasteiger partial charge on any atom is -0.390 e. The molecule has 0 radical (unpaired) electrons. The van der Waals surface area contributed by atoms with Gasteiger partial charge in [-0.2, -0.15) is 0 Å². The van der Waals surface area contributed by atoms with Crippen LogP contribution in [0, 0.1) is 0 Å². The Morgan fingerprint density at radius 2 is 2.10 bits per heavy atom. The second-order valence-corrected chi connectivity index (χ2v) is 6.73. The molecule has 0 bridgehead atoms. The SMILES string of the molecule is CC(C)OCCCCNS(=O)(=O)c1cc(CO)n(C)c1. The van der Waals surface area contributed by atoms with Crippen LogP contribution >= 0.6 is 0 Å². The first-order valence-electron chi connectivity index (χ1n) is 6.74. The zero-order chi connectivity index (χ0) is 15.2. The third-order valence-electron chi connectivity index (χ3n) is 2.87. The molecule has 1 rings (SSSR count). The van der Waals surface area contributed by atoms with Gasteiger partial charge in [-0.1, -0.05) is 0 Å². The molecule has 6 nitrogen and oxygen atoms in total. The normalized spacial score (nSPS) is 12.2. The summed E-state index contributed by atoms with van der Waals surface area (Å²) in [4.78, 5) is 0.183. The Labute approximate surface area is 120 Å². The van der Waals surface area contributed by atoms with Crippen molar-refractivity contribution in [3.05, 3.63) is 18.0 Å². The predicted molar refractivity (Wildman–Crippen MR) is 76.8 cm³/mol. The predicted octanol–water partition coefficient (Wildman–Crippen LogP) is 1.00. The van der Waals surface area contributed by atoms with Gasteiger partial charge in [-0.25, -0.2) is 13.1 Å². The fourth-order valence-corrected chi connectivity index (χ4v) is 2.88. The van der Waals surface area contributed by atoms with Crippen molar-refractivity contribution in [1.29, 1.82) is 0 Å². The van der Waals surface area contributed by atoms with Crippen molar-refractivity contribution in [2.24, 2.45) is 7.05 Å². The Bertz CT molecular complexity index is 508. The molecule has 0 atom stereocenters. The van der Waals surface area contributed by atoms with Crippen LogP contribution in [0.4, 0.5) is 0 Å². The van der Waals surface area contributed by atoms with Crippen LogP contribution < -0.4 is 4.72 Å². The number of nitrogens with one attached hydrogen (secondary N) is 1. The van der Waals surface area contributed by atoms with Gasteiger partial charge in [0.1, 0.15) is 0 Å². The highest BCUT2D eigenvalue weighted by molar-refractivity contribution is 7.89. The van der Waals surface area contributed by atoms with E-state index in [0.717, 1.165) is 12.8 Å². The van der Waals surface area contributed by atoms with Gasteiger partial charge in [-0.15, -0.1) is 0 Å². The molecule has 0 saturated heterocycles. The standard InChI is InChI=1S/C13H24N2O4S/c1-11(2)19-7-5-4-6-14-20(17,18)13-8-12(10-16)15(3)9-13/h8-9,11,14,16H,4-7,10H2,1-3H3. The summed E-state index contributed by atoms with van der Waals surface area (Å²) in [5.41, 5.74) is 0.565. The monoisotopic (exact) mass is 304 g/mol. The smallest absolute Gasteiger partial charge is 0.242 e. The number of hydrogen-bond donors (Lipinski definition) is 2. The van der Waals surface area contributed by atoms with Crippen LogP contribution in [-0.4, -0.2) is 37.3 Å². The molecule has 0 saturated carbocycles. The van der Waals surface area contributed by atoms with Gasteiger partial charge < -0.3 is 14.4 Å². The van der Waals surface area contributed by atoms with E-state index >= 15 is 0 Å². The second-order valence-electron chi connectivity index (χ2n) is 4.96. The average Bonchev–Trinajstić information content (AvgIpc) is 2.75. The lowest BCUT2D eigenvalue weighted by atomic mass is 10.3. The average molecular weight is 304 g/mol. The first-order valence-corrected chi connectivity index (χ1v) is 8.22. The summed E-state index contributed by atoms with van der Waals surface area (Å²) < 4.78 is 33.6. The van der Waals surface area contributed by atoms with Gasteiger partial charge in [0.15, 0.2) is 0 Å². The summed E-state index contributed by atoms with van der Waals surface area (Å²) in [6.07, 6.45) is 3.24. The third kappa shape index (κ3) is 5.24. The number of hydrogen-bond acceptors (Lipinski definition) is 4. The highest BCUT2D eigenvalue weighted by Gasteiger charge is 2.16. The van der Waals surface area contributed by atoms with E-state index in [1.807, 2.05) is 13.8 Å². The van der Waals surface area contributed by atoms with Gasteiger partial charge in [-0.05, 0) is 32.8 Å². The van der Waals surface area contributed by atoms with Gasteiger partial charge >= 0.3 is 0 Å². The van der Waals surface area contributed by atoms with Crippen LogP contribution in [0.2, 0.25) is 0 Å². The van der Waals surface area contributed by atoms with Crippen LogP contribution in [0.1, 0.15) is 32.4 Å². The second kappa shape index (κ2) is 7.78. The molecule has 1 heterocycles. The van der Waals surface area contributed by atoms with Gasteiger partial charge in [0, 0.05) is 32.1 Å². The number of rotatable bonds is 9. The molecular formula is C13H24N2O4S. The summed E-state index contributed by atoms with van der Waals surface area (Å²) in [5, 5.41) is 9.07. The lowest BCUT2D eigenvalue weighted by Crippen LogP contribution is -2.24. The number of aryl methyl sites for hydroxylation is 1. The number of aliphatic hydroxyl groups is 1. The first kappa shape index (κ1) is 17.2. The van der Waals surface area contributed by atoms with Crippen LogP contribution in [0.15, 0.2) is 17.2 Å². The number of ether oxygens (including phenoxy) is 1. The van der Waals surface area contributed by atoms with Crippen LogP contribution in [0.25, 0.3) is 0 Å². The van der Waals surface area contributed by atoms with Crippen molar-refractivity contribution in [2.75, 3.05) is 13.2 Å². The summed E-state index contributed by atoms with van der Waals surface area (Å²) in [7, 11) is -1.80. The minimum atomic E-state index is -3.50. The molecule has 0 unspecified atom stereocenters. The van der Waals surface area contributed by atoms with Crippen LogP contribution in [-0.2, 0) is 28.4 Å². The molecule has 1 aromatic rings. The number of aromatic nitrogens is 1. The molecule has 20 heavy (non-hydrogen) atoms. The van der Waals surface area contributed by atoms with E-state index in [1.165, 1.54) is 12.3 Å². The summed E-state index contributed by atoms with van der Waals surface area (Å²) in [6, 6.07) is 1.48. The summed E-state index contributed by atoms with van der Waals surface area (Å²) >= 11 is 0. The van der Waals surface area contributed by atoms with Crippen LogP contribution in [0.3, 0.4) is 0 Å². The largest absolute Gasteiger partial charge is 0.390 e. The van der Waals surface area contributed by atoms with Gasteiger partial charge in [0.2, 0.25) is 10.0 Å². The van der Waals surface area contributed by atoms with Crippen LogP contribution in [0.5, 0.6) is 0 Å². The molecule has 0 aromatic carbocycles. The summed E-state index contributed by atoms with van der Waals surface area (Å²) in [5.74, 6) is 0. The maximum absolute atomic E-state index is 12.0. The van der Waals surface area contributed by atoms with E-state index in [2.05, 4.69) is 4.72 Å². The Morgan fingerprint density at radius 3 is 2.65 bits per heavy atom. The van der Waals surface area contributed by atoms with E-state index in [9.17, 15) is 8.42 Å². The maximum Gasteiger partial charge on any atom is 0.242 e. The van der Waals surface area contributed by atoms with Crippen molar-refractivity contribution >= 4 is 10.0 Å². The van der Waals surface area contributed by atoms with Gasteiger partial charge in [0.25, 0.3) is 0 Å². The zero-order valence-electron chi connectivity index (χ0n) is 12.3. The van der Waals surface area contributed by atoms with Gasteiger partial charge in [-0.3, -0.25) is 0 Å². The zero-order valence-corrected chi connectivity index (χ0v) is 13.1. The number of nitrogens with zero attached hydrogens (tertiary/aromatic N) is 1. The quantitative estimate of drug-likeness (QED) is 0.667. The Hall–Kier alpha value is -0.890. The Balaban J connectivity index is 2.41. The van der Waals surface area contributed by atoms with Crippen molar-refractivity contribution in [1.82, 2.24) is 9.29 Å². The highest BCUT2D eigenvalue weighted by atomic mass is 32.2. The molecule has 0 aliphatic carbocycles. The molecule has 0 spiro atoms. The van der Waals surface area contributed by atoms with Crippen molar-refractivity contribution in [2.45, 2.75) is 44.3 Å².